The van der Waals surface area contributed by atoms with Crippen molar-refractivity contribution in [2.45, 2.75) is 19.8 Å². The molecule has 1 nitrogen and oxygen atoms in total. The van der Waals surface area contributed by atoms with Crippen molar-refractivity contribution in [3.63, 3.8) is 0 Å². The molecule has 0 amide bonds. The molecule has 0 aliphatic heterocycles. The van der Waals surface area contributed by atoms with Crippen LogP contribution in [0.3, 0.4) is 0 Å². The van der Waals surface area contributed by atoms with Crippen molar-refractivity contribution in [1.82, 2.24) is 0 Å². The van der Waals surface area contributed by atoms with Gasteiger partial charge >= 0.3 is 0 Å². The molecule has 1 fully saturated rings. The molecule has 1 saturated carbocycles. The molecule has 2 heteroatoms. The smallest absolute Gasteiger partial charge is 0.120 e. The van der Waals surface area contributed by atoms with Gasteiger partial charge in [-0.25, -0.2) is 0 Å². The molecule has 0 heterocycles. The first-order chi connectivity index (χ1) is 6.74. The van der Waals surface area contributed by atoms with E-state index in [0.717, 1.165) is 28.7 Å². The van der Waals surface area contributed by atoms with Crippen LogP contribution in [0.1, 0.15) is 19.8 Å². The normalized spacial score (nSPS) is 25.6. The number of rotatable bonds is 3. The van der Waals surface area contributed by atoms with E-state index in [2.05, 4.69) is 22.9 Å². The van der Waals surface area contributed by atoms with E-state index in [4.69, 9.17) is 4.74 Å². The molecule has 0 atom stereocenters. The number of halogens is 1. The van der Waals surface area contributed by atoms with E-state index in [1.165, 1.54) is 12.8 Å². The molecule has 76 valence electrons. The predicted octanol–water partition coefficient (Wildman–Crippen LogP) is 3.87. The van der Waals surface area contributed by atoms with Gasteiger partial charge in [0, 0.05) is 4.47 Å². The first-order valence-corrected chi connectivity index (χ1v) is 5.91. The third kappa shape index (κ3) is 2.50. The summed E-state index contributed by atoms with van der Waals surface area (Å²) in [5.74, 6) is 2.66. The van der Waals surface area contributed by atoms with Crippen LogP contribution in [0.4, 0.5) is 0 Å². The van der Waals surface area contributed by atoms with Crippen LogP contribution in [0.15, 0.2) is 28.7 Å². The highest BCUT2D eigenvalue weighted by atomic mass is 79.9. The fraction of sp³-hybridized carbons (Fsp3) is 0.500. The average Bonchev–Trinajstić information content (AvgIpc) is 2.11. The number of ether oxygens (including phenoxy) is 1. The number of hydrogen-bond acceptors (Lipinski definition) is 1. The van der Waals surface area contributed by atoms with Gasteiger partial charge in [-0.05, 0) is 42.9 Å². The number of hydrogen-bond donors (Lipinski definition) is 0. The molecule has 0 bridgehead atoms. The van der Waals surface area contributed by atoms with E-state index in [0.29, 0.717) is 0 Å². The van der Waals surface area contributed by atoms with Gasteiger partial charge in [0.25, 0.3) is 0 Å². The van der Waals surface area contributed by atoms with E-state index in [1.54, 1.807) is 0 Å². The van der Waals surface area contributed by atoms with Crippen LogP contribution in [0.2, 0.25) is 0 Å². The predicted molar refractivity (Wildman–Crippen MR) is 61.5 cm³/mol. The summed E-state index contributed by atoms with van der Waals surface area (Å²) < 4.78 is 6.79. The third-order valence-corrected chi connectivity index (χ3v) is 3.25. The largest absolute Gasteiger partial charge is 0.493 e. The molecule has 1 aromatic carbocycles. The maximum Gasteiger partial charge on any atom is 0.120 e. The molecule has 2 rings (SSSR count). The van der Waals surface area contributed by atoms with Crippen LogP contribution in [0.25, 0.3) is 0 Å². The maximum absolute atomic E-state index is 5.71. The quantitative estimate of drug-likeness (QED) is 0.796. The second kappa shape index (κ2) is 4.35. The fourth-order valence-electron chi connectivity index (χ4n) is 1.98. The summed E-state index contributed by atoms with van der Waals surface area (Å²) in [5.41, 5.74) is 0. The zero-order chi connectivity index (χ0) is 9.97. The van der Waals surface area contributed by atoms with Gasteiger partial charge in [-0.2, -0.15) is 0 Å². The van der Waals surface area contributed by atoms with Crippen molar-refractivity contribution in [1.29, 1.82) is 0 Å². The van der Waals surface area contributed by atoms with Crippen LogP contribution in [0, 0.1) is 11.8 Å². The molecule has 0 radical (unpaired) electrons. The summed E-state index contributed by atoms with van der Waals surface area (Å²) in [5, 5.41) is 0. The van der Waals surface area contributed by atoms with E-state index >= 15 is 0 Å². The van der Waals surface area contributed by atoms with Crippen LogP contribution in [-0.4, -0.2) is 6.61 Å². The van der Waals surface area contributed by atoms with Crippen LogP contribution in [0.5, 0.6) is 5.75 Å². The lowest BCUT2D eigenvalue weighted by molar-refractivity contribution is 0.131. The van der Waals surface area contributed by atoms with Gasteiger partial charge < -0.3 is 4.74 Å². The van der Waals surface area contributed by atoms with E-state index in [-0.39, 0.29) is 0 Å². The molecule has 0 aromatic heterocycles. The Labute approximate surface area is 93.6 Å². The number of benzene rings is 1. The highest BCUT2D eigenvalue weighted by Crippen LogP contribution is 2.33. The summed E-state index contributed by atoms with van der Waals surface area (Å²) in [6, 6.07) is 8.04. The Kier molecular flexibility index (Phi) is 3.12. The molecule has 0 N–H and O–H groups in total. The highest BCUT2D eigenvalue weighted by Gasteiger charge is 2.25. The first kappa shape index (κ1) is 10.0. The molecular formula is C12H15BrO. The van der Waals surface area contributed by atoms with Gasteiger partial charge in [0.1, 0.15) is 5.75 Å². The van der Waals surface area contributed by atoms with Gasteiger partial charge in [-0.3, -0.25) is 0 Å². The molecule has 0 spiro atoms. The molecule has 1 aromatic rings. The molecule has 14 heavy (non-hydrogen) atoms. The highest BCUT2D eigenvalue weighted by molar-refractivity contribution is 9.10. The second-order valence-electron chi connectivity index (χ2n) is 4.21. The topological polar surface area (TPSA) is 9.23 Å². The van der Waals surface area contributed by atoms with Crippen LogP contribution >= 0.6 is 15.9 Å². The second-order valence-corrected chi connectivity index (χ2v) is 5.13. The van der Waals surface area contributed by atoms with Crippen molar-refractivity contribution in [2.75, 3.05) is 6.61 Å². The van der Waals surface area contributed by atoms with Gasteiger partial charge in [0.2, 0.25) is 0 Å². The Morgan fingerprint density at radius 2 is 2.21 bits per heavy atom. The van der Waals surface area contributed by atoms with E-state index < -0.39 is 0 Å². The van der Waals surface area contributed by atoms with E-state index in [1.807, 2.05) is 24.3 Å². The van der Waals surface area contributed by atoms with Crippen molar-refractivity contribution in [2.24, 2.45) is 11.8 Å². The zero-order valence-corrected chi connectivity index (χ0v) is 9.96. The lowest BCUT2D eigenvalue weighted by Crippen LogP contribution is -2.26. The monoisotopic (exact) mass is 254 g/mol. The Morgan fingerprint density at radius 1 is 1.43 bits per heavy atom. The average molecular weight is 255 g/mol. The van der Waals surface area contributed by atoms with Gasteiger partial charge in [-0.1, -0.05) is 28.9 Å². The van der Waals surface area contributed by atoms with Crippen molar-refractivity contribution < 1.29 is 4.74 Å². The van der Waals surface area contributed by atoms with Gasteiger partial charge in [-0.15, -0.1) is 0 Å². The SMILES string of the molecule is CC1CC(COc2cccc(Br)c2)C1. The molecular weight excluding hydrogens is 240 g/mol. The summed E-state index contributed by atoms with van der Waals surface area (Å²) in [6.45, 7) is 3.18. The summed E-state index contributed by atoms with van der Waals surface area (Å²) >= 11 is 3.43. The summed E-state index contributed by atoms with van der Waals surface area (Å²) in [6.07, 6.45) is 2.65. The standard InChI is InChI=1S/C12H15BrO/c1-9-5-10(6-9)8-14-12-4-2-3-11(13)7-12/h2-4,7,9-10H,5-6,8H2,1H3. The molecule has 1 aliphatic carbocycles. The van der Waals surface area contributed by atoms with Crippen LogP contribution < -0.4 is 4.74 Å². The zero-order valence-electron chi connectivity index (χ0n) is 8.37. The van der Waals surface area contributed by atoms with Gasteiger partial charge in [0.15, 0.2) is 0 Å². The lowest BCUT2D eigenvalue weighted by Gasteiger charge is -2.32. The molecule has 0 unspecified atom stereocenters. The lowest BCUT2D eigenvalue weighted by atomic mass is 9.77. The first-order valence-electron chi connectivity index (χ1n) is 5.12. The Hall–Kier alpha value is -0.500. The van der Waals surface area contributed by atoms with Gasteiger partial charge in [0.05, 0.1) is 6.61 Å². The van der Waals surface area contributed by atoms with Crippen LogP contribution in [-0.2, 0) is 0 Å². The minimum absolute atomic E-state index is 0.781. The Morgan fingerprint density at radius 3 is 2.86 bits per heavy atom. The van der Waals surface area contributed by atoms with E-state index in [9.17, 15) is 0 Å². The Balaban J connectivity index is 1.80. The van der Waals surface area contributed by atoms with Crippen molar-refractivity contribution >= 4 is 15.9 Å². The minimum atomic E-state index is 0.781. The molecule has 1 aliphatic rings. The molecule has 0 saturated heterocycles. The minimum Gasteiger partial charge on any atom is -0.493 e. The fourth-order valence-corrected chi connectivity index (χ4v) is 2.35. The van der Waals surface area contributed by atoms with Crippen molar-refractivity contribution in [3.05, 3.63) is 28.7 Å². The van der Waals surface area contributed by atoms with Crippen molar-refractivity contribution in [3.8, 4) is 5.75 Å². The maximum atomic E-state index is 5.71. The Bertz CT molecular complexity index is 305. The summed E-state index contributed by atoms with van der Waals surface area (Å²) in [7, 11) is 0. The third-order valence-electron chi connectivity index (χ3n) is 2.75. The summed E-state index contributed by atoms with van der Waals surface area (Å²) in [4.78, 5) is 0.